The molecule has 0 saturated carbocycles. The number of carbonyl (C=O) groups excluding carboxylic acids is 1. The number of aliphatic hydroxyl groups is 1. The van der Waals surface area contributed by atoms with Crippen molar-refractivity contribution in [1.29, 1.82) is 0 Å². The van der Waals surface area contributed by atoms with Crippen LogP contribution in [0.2, 0.25) is 0 Å². The Bertz CT molecular complexity index is 414. The van der Waals surface area contributed by atoms with Gasteiger partial charge in [0.15, 0.2) is 0 Å². The second kappa shape index (κ2) is 8.05. The lowest BCUT2D eigenvalue weighted by molar-refractivity contribution is -0.123. The van der Waals surface area contributed by atoms with Crippen LogP contribution in [0.15, 0.2) is 24.3 Å². The molecule has 2 N–H and O–H groups in total. The fourth-order valence-electron chi connectivity index (χ4n) is 2.17. The molecule has 3 nitrogen and oxygen atoms in total. The Morgan fingerprint density at radius 2 is 1.80 bits per heavy atom. The molecule has 0 aliphatic rings. The molecule has 0 radical (unpaired) electrons. The minimum atomic E-state index is -0.294. The molecule has 1 rings (SSSR count). The van der Waals surface area contributed by atoms with Gasteiger partial charge >= 0.3 is 0 Å². The standard InChI is InChI=1S/C17H27NO2/c1-4-14-6-8-15(9-7-14)10-11-16(20)18-17(3,5-2)12-13-19/h6-9,19H,4-5,10-13H2,1-3H3,(H,18,20). The molecule has 1 aromatic rings. The average molecular weight is 277 g/mol. The first kappa shape index (κ1) is 16.7. The van der Waals surface area contributed by atoms with Crippen LogP contribution in [0.25, 0.3) is 0 Å². The first-order valence-corrected chi connectivity index (χ1v) is 7.52. The van der Waals surface area contributed by atoms with E-state index < -0.39 is 0 Å². The molecule has 0 bridgehead atoms. The van der Waals surface area contributed by atoms with E-state index in [0.29, 0.717) is 12.8 Å². The van der Waals surface area contributed by atoms with Crippen molar-refractivity contribution in [3.63, 3.8) is 0 Å². The Labute approximate surface area is 122 Å². The zero-order valence-corrected chi connectivity index (χ0v) is 12.9. The van der Waals surface area contributed by atoms with Gasteiger partial charge in [-0.15, -0.1) is 0 Å². The number of hydrogen-bond donors (Lipinski definition) is 2. The van der Waals surface area contributed by atoms with E-state index in [1.807, 2.05) is 13.8 Å². The molecular weight excluding hydrogens is 250 g/mol. The van der Waals surface area contributed by atoms with Gasteiger partial charge in [-0.2, -0.15) is 0 Å². The SMILES string of the molecule is CCc1ccc(CCC(=O)NC(C)(CC)CCO)cc1. The summed E-state index contributed by atoms with van der Waals surface area (Å²) in [6.45, 7) is 6.24. The van der Waals surface area contributed by atoms with Gasteiger partial charge in [0, 0.05) is 18.6 Å². The Hall–Kier alpha value is -1.35. The molecule has 3 heteroatoms. The van der Waals surface area contributed by atoms with Gasteiger partial charge in [0.25, 0.3) is 0 Å². The highest BCUT2D eigenvalue weighted by atomic mass is 16.3. The van der Waals surface area contributed by atoms with Crippen LogP contribution in [0.1, 0.15) is 51.2 Å². The molecule has 0 aliphatic heterocycles. The summed E-state index contributed by atoms with van der Waals surface area (Å²) in [4.78, 5) is 12.0. The molecule has 0 fully saturated rings. The van der Waals surface area contributed by atoms with E-state index in [9.17, 15) is 4.79 Å². The highest BCUT2D eigenvalue weighted by Gasteiger charge is 2.23. The maximum Gasteiger partial charge on any atom is 0.220 e. The largest absolute Gasteiger partial charge is 0.396 e. The van der Waals surface area contributed by atoms with Gasteiger partial charge in [-0.3, -0.25) is 4.79 Å². The lowest BCUT2D eigenvalue weighted by Crippen LogP contribution is -2.46. The number of carbonyl (C=O) groups is 1. The van der Waals surface area contributed by atoms with Crippen LogP contribution in [0.3, 0.4) is 0 Å². The lowest BCUT2D eigenvalue weighted by atomic mass is 9.94. The number of amides is 1. The zero-order valence-electron chi connectivity index (χ0n) is 12.9. The summed E-state index contributed by atoms with van der Waals surface area (Å²) >= 11 is 0. The van der Waals surface area contributed by atoms with Crippen LogP contribution in [-0.2, 0) is 17.6 Å². The summed E-state index contributed by atoms with van der Waals surface area (Å²) in [7, 11) is 0. The van der Waals surface area contributed by atoms with E-state index in [2.05, 4.69) is 36.5 Å². The summed E-state index contributed by atoms with van der Waals surface area (Å²) < 4.78 is 0. The normalized spacial score (nSPS) is 13.8. The molecule has 1 atom stereocenters. The summed E-state index contributed by atoms with van der Waals surface area (Å²) in [5, 5.41) is 12.1. The number of hydrogen-bond acceptors (Lipinski definition) is 2. The summed E-state index contributed by atoms with van der Waals surface area (Å²) in [5.74, 6) is 0.0577. The van der Waals surface area contributed by atoms with Crippen LogP contribution >= 0.6 is 0 Å². The van der Waals surface area contributed by atoms with Gasteiger partial charge in [-0.25, -0.2) is 0 Å². The van der Waals surface area contributed by atoms with E-state index in [1.54, 1.807) is 0 Å². The fourth-order valence-corrected chi connectivity index (χ4v) is 2.17. The van der Waals surface area contributed by atoms with Crippen molar-refractivity contribution in [2.24, 2.45) is 0 Å². The molecule has 112 valence electrons. The first-order chi connectivity index (χ1) is 9.53. The van der Waals surface area contributed by atoms with Crippen LogP contribution < -0.4 is 5.32 Å². The minimum absolute atomic E-state index is 0.0577. The maximum absolute atomic E-state index is 12.0. The van der Waals surface area contributed by atoms with Crippen molar-refractivity contribution in [3.05, 3.63) is 35.4 Å². The fraction of sp³-hybridized carbons (Fsp3) is 0.588. The average Bonchev–Trinajstić information content (AvgIpc) is 2.46. The topological polar surface area (TPSA) is 49.3 Å². The van der Waals surface area contributed by atoms with Crippen LogP contribution in [0.5, 0.6) is 0 Å². The van der Waals surface area contributed by atoms with Gasteiger partial charge in [0.05, 0.1) is 0 Å². The summed E-state index contributed by atoms with van der Waals surface area (Å²) in [6.07, 6.45) is 3.71. The lowest BCUT2D eigenvalue weighted by Gasteiger charge is -2.29. The second-order valence-corrected chi connectivity index (χ2v) is 5.61. The summed E-state index contributed by atoms with van der Waals surface area (Å²) in [5.41, 5.74) is 2.22. The molecule has 1 amide bonds. The Morgan fingerprint density at radius 1 is 1.20 bits per heavy atom. The van der Waals surface area contributed by atoms with Crippen molar-refractivity contribution >= 4 is 5.91 Å². The smallest absolute Gasteiger partial charge is 0.220 e. The monoisotopic (exact) mass is 277 g/mol. The van der Waals surface area contributed by atoms with Gasteiger partial charge in [-0.05, 0) is 43.7 Å². The number of benzene rings is 1. The van der Waals surface area contributed by atoms with Crippen molar-refractivity contribution in [1.82, 2.24) is 5.32 Å². The van der Waals surface area contributed by atoms with E-state index in [4.69, 9.17) is 5.11 Å². The van der Waals surface area contributed by atoms with Crippen molar-refractivity contribution in [3.8, 4) is 0 Å². The molecular formula is C17H27NO2. The predicted octanol–water partition coefficient (Wildman–Crippen LogP) is 2.85. The van der Waals surface area contributed by atoms with Crippen LogP contribution in [-0.4, -0.2) is 23.2 Å². The third kappa shape index (κ3) is 5.33. The third-order valence-corrected chi connectivity index (χ3v) is 3.96. The maximum atomic E-state index is 12.0. The number of rotatable bonds is 8. The minimum Gasteiger partial charge on any atom is -0.396 e. The predicted molar refractivity (Wildman–Crippen MR) is 82.7 cm³/mol. The van der Waals surface area contributed by atoms with Crippen molar-refractivity contribution < 1.29 is 9.90 Å². The number of nitrogens with one attached hydrogen (secondary N) is 1. The molecule has 0 aromatic heterocycles. The Kier molecular flexibility index (Phi) is 6.73. The van der Waals surface area contributed by atoms with E-state index in [1.165, 1.54) is 11.1 Å². The molecule has 0 spiro atoms. The highest BCUT2D eigenvalue weighted by Crippen LogP contribution is 2.14. The third-order valence-electron chi connectivity index (χ3n) is 3.96. The van der Waals surface area contributed by atoms with Gasteiger partial charge in [0.1, 0.15) is 0 Å². The second-order valence-electron chi connectivity index (χ2n) is 5.61. The van der Waals surface area contributed by atoms with Crippen LogP contribution in [0, 0.1) is 0 Å². The molecule has 20 heavy (non-hydrogen) atoms. The van der Waals surface area contributed by atoms with E-state index >= 15 is 0 Å². The van der Waals surface area contributed by atoms with Crippen LogP contribution in [0.4, 0.5) is 0 Å². The molecule has 0 saturated heterocycles. The highest BCUT2D eigenvalue weighted by molar-refractivity contribution is 5.77. The molecule has 0 heterocycles. The number of aryl methyl sites for hydroxylation is 2. The van der Waals surface area contributed by atoms with Crippen molar-refractivity contribution in [2.75, 3.05) is 6.61 Å². The van der Waals surface area contributed by atoms with E-state index in [-0.39, 0.29) is 18.1 Å². The van der Waals surface area contributed by atoms with Gasteiger partial charge in [-0.1, -0.05) is 38.1 Å². The number of aliphatic hydroxyl groups excluding tert-OH is 1. The molecule has 1 unspecified atom stereocenters. The van der Waals surface area contributed by atoms with Crippen molar-refractivity contribution in [2.45, 2.75) is 58.4 Å². The molecule has 1 aromatic carbocycles. The Balaban J connectivity index is 2.45. The molecule has 0 aliphatic carbocycles. The van der Waals surface area contributed by atoms with Gasteiger partial charge in [0.2, 0.25) is 5.91 Å². The zero-order chi connectivity index (χ0) is 15.0. The van der Waals surface area contributed by atoms with Gasteiger partial charge < -0.3 is 10.4 Å². The Morgan fingerprint density at radius 3 is 2.30 bits per heavy atom. The summed E-state index contributed by atoms with van der Waals surface area (Å²) in [6, 6.07) is 8.43. The first-order valence-electron chi connectivity index (χ1n) is 7.52. The quantitative estimate of drug-likeness (QED) is 0.767. The van der Waals surface area contributed by atoms with E-state index in [0.717, 1.165) is 19.3 Å².